The molecule has 1 aromatic carbocycles. The van der Waals surface area contributed by atoms with Gasteiger partial charge in [0.15, 0.2) is 0 Å². The van der Waals surface area contributed by atoms with Crippen LogP contribution in [-0.2, 0) is 16.0 Å². The molecule has 1 unspecified atom stereocenters. The van der Waals surface area contributed by atoms with Crippen LogP contribution in [0.25, 0.3) is 5.69 Å². The van der Waals surface area contributed by atoms with Crippen LogP contribution < -0.4 is 5.32 Å². The number of piperidine rings is 1. The number of carbonyl (C=O) groups excluding carboxylic acids is 2. The molecule has 0 saturated carbocycles. The van der Waals surface area contributed by atoms with E-state index in [1.165, 1.54) is 11.3 Å². The number of para-hydroxylation sites is 1. The monoisotopic (exact) mass is 507 g/mol. The predicted molar refractivity (Wildman–Crippen MR) is 148 cm³/mol. The molecular weight excluding hydrogens is 462 g/mol. The highest BCUT2D eigenvalue weighted by molar-refractivity contribution is 6.00. The summed E-state index contributed by atoms with van der Waals surface area (Å²) in [6, 6.07) is 9.92. The molecule has 1 N–H and O–H groups in total. The molecule has 0 radical (unpaired) electrons. The van der Waals surface area contributed by atoms with E-state index in [2.05, 4.69) is 57.0 Å². The van der Waals surface area contributed by atoms with Crippen LogP contribution in [0.1, 0.15) is 76.2 Å². The van der Waals surface area contributed by atoms with Gasteiger partial charge >= 0.3 is 0 Å². The Morgan fingerprint density at radius 3 is 2.41 bits per heavy atom. The Labute approximate surface area is 222 Å². The van der Waals surface area contributed by atoms with Crippen molar-refractivity contribution in [2.75, 3.05) is 26.2 Å². The van der Waals surface area contributed by atoms with Crippen LogP contribution in [0.5, 0.6) is 0 Å². The summed E-state index contributed by atoms with van der Waals surface area (Å²) in [6.45, 7) is 14.0. The quantitative estimate of drug-likeness (QED) is 0.517. The number of carbonyl (C=O) groups is 2. The highest BCUT2D eigenvalue weighted by atomic mass is 16.2. The maximum Gasteiger partial charge on any atom is 0.246 e. The van der Waals surface area contributed by atoms with E-state index in [0.29, 0.717) is 31.7 Å². The van der Waals surface area contributed by atoms with E-state index in [1.807, 2.05) is 27.8 Å². The number of nitrogens with zero attached hydrogens (tertiary/aromatic N) is 4. The Bertz CT molecular complexity index is 1070. The van der Waals surface area contributed by atoms with E-state index in [0.717, 1.165) is 56.7 Å². The first-order valence-corrected chi connectivity index (χ1v) is 14.2. The first kappa shape index (κ1) is 27.4. The van der Waals surface area contributed by atoms with Crippen LogP contribution in [0.3, 0.4) is 0 Å². The first-order chi connectivity index (χ1) is 17.8. The number of hydrogen-bond acceptors (Lipinski definition) is 4. The lowest BCUT2D eigenvalue weighted by molar-refractivity contribution is -0.161. The smallest absolute Gasteiger partial charge is 0.246 e. The van der Waals surface area contributed by atoms with E-state index >= 15 is 0 Å². The van der Waals surface area contributed by atoms with Gasteiger partial charge in [-0.3, -0.25) is 9.59 Å². The Morgan fingerprint density at radius 1 is 1.05 bits per heavy atom. The number of likely N-dealkylation sites (tertiary alicyclic amines) is 1. The molecule has 2 aliphatic heterocycles. The highest BCUT2D eigenvalue weighted by Crippen LogP contribution is 2.34. The maximum absolute atomic E-state index is 13.5. The second-order valence-electron chi connectivity index (χ2n) is 11.4. The second-order valence-corrected chi connectivity index (χ2v) is 11.4. The van der Waals surface area contributed by atoms with E-state index in [9.17, 15) is 9.59 Å². The molecule has 4 rings (SSSR count). The molecule has 7 nitrogen and oxygen atoms in total. The molecule has 2 saturated heterocycles. The fourth-order valence-corrected chi connectivity index (χ4v) is 6.13. The van der Waals surface area contributed by atoms with Gasteiger partial charge in [0, 0.05) is 25.3 Å². The van der Waals surface area contributed by atoms with Crippen molar-refractivity contribution in [3.8, 4) is 5.69 Å². The summed E-state index contributed by atoms with van der Waals surface area (Å²) in [7, 11) is 0. The summed E-state index contributed by atoms with van der Waals surface area (Å²) in [5.74, 6) is 0.551. The number of rotatable bonds is 10. The predicted octanol–water partition coefficient (Wildman–Crippen LogP) is 4.43. The molecular formula is C30H45N5O2. The van der Waals surface area contributed by atoms with Crippen molar-refractivity contribution in [1.29, 1.82) is 0 Å². The van der Waals surface area contributed by atoms with Crippen LogP contribution in [0, 0.1) is 19.8 Å². The molecule has 202 valence electrons. The largest absolute Gasteiger partial charge is 0.342 e. The van der Waals surface area contributed by atoms with Gasteiger partial charge in [0.2, 0.25) is 11.8 Å². The van der Waals surface area contributed by atoms with Gasteiger partial charge in [-0.15, -0.1) is 0 Å². The van der Waals surface area contributed by atoms with Gasteiger partial charge in [0.1, 0.15) is 11.6 Å². The van der Waals surface area contributed by atoms with Crippen molar-refractivity contribution in [3.05, 3.63) is 47.3 Å². The van der Waals surface area contributed by atoms with E-state index < -0.39 is 5.54 Å². The lowest BCUT2D eigenvalue weighted by atomic mass is 9.80. The van der Waals surface area contributed by atoms with Crippen molar-refractivity contribution in [3.63, 3.8) is 0 Å². The van der Waals surface area contributed by atoms with Gasteiger partial charge in [-0.2, -0.15) is 5.10 Å². The number of hydrogen-bond donors (Lipinski definition) is 1. The van der Waals surface area contributed by atoms with Crippen LogP contribution in [-0.4, -0.2) is 69.2 Å². The van der Waals surface area contributed by atoms with Gasteiger partial charge in [0.25, 0.3) is 0 Å². The minimum atomic E-state index is -0.680. The Hall–Kier alpha value is -2.67. The molecule has 2 aliphatic rings. The Morgan fingerprint density at radius 2 is 1.76 bits per heavy atom. The lowest BCUT2D eigenvalue weighted by Gasteiger charge is -2.52. The molecule has 37 heavy (non-hydrogen) atoms. The Kier molecular flexibility index (Phi) is 8.73. The zero-order chi connectivity index (χ0) is 26.6. The summed E-state index contributed by atoms with van der Waals surface area (Å²) < 4.78 is 2.05. The van der Waals surface area contributed by atoms with Crippen LogP contribution in [0.15, 0.2) is 30.3 Å². The lowest BCUT2D eigenvalue weighted by Crippen LogP contribution is -2.73. The normalized spacial score (nSPS) is 20.2. The number of unbranched alkanes of at least 4 members (excludes halogenated alkanes) is 1. The standard InChI is InChI=1S/C30H45N5O2/c1-6-7-18-34-28(36)27(21-22(2)3)31-29(37)30(34)15-19-33(20-16-30)17-11-14-26-23(4)32-35(24(26)5)25-12-9-8-10-13-25/h8-10,12-13,22,27H,6-7,11,14-21H2,1-5H3,(H,31,37). The molecule has 7 heteroatoms. The van der Waals surface area contributed by atoms with Gasteiger partial charge in [0.05, 0.1) is 11.4 Å². The fraction of sp³-hybridized carbons (Fsp3) is 0.633. The van der Waals surface area contributed by atoms with E-state index in [-0.39, 0.29) is 17.9 Å². The first-order valence-electron chi connectivity index (χ1n) is 14.2. The molecule has 1 aromatic heterocycles. The molecule has 0 aliphatic carbocycles. The fourth-order valence-electron chi connectivity index (χ4n) is 6.13. The van der Waals surface area contributed by atoms with Crippen molar-refractivity contribution >= 4 is 11.8 Å². The molecule has 0 bridgehead atoms. The van der Waals surface area contributed by atoms with Crippen LogP contribution in [0.2, 0.25) is 0 Å². The van der Waals surface area contributed by atoms with Gasteiger partial charge < -0.3 is 15.1 Å². The zero-order valence-electron chi connectivity index (χ0n) is 23.4. The topological polar surface area (TPSA) is 70.5 Å². The summed E-state index contributed by atoms with van der Waals surface area (Å²) in [5, 5.41) is 7.91. The number of aryl methyl sites for hydroxylation is 1. The van der Waals surface area contributed by atoms with Gasteiger partial charge in [-0.25, -0.2) is 4.68 Å². The number of nitrogens with one attached hydrogen (secondary N) is 1. The van der Waals surface area contributed by atoms with Crippen molar-refractivity contribution in [2.45, 2.75) is 91.1 Å². The molecule has 2 aromatic rings. The Balaban J connectivity index is 1.36. The second kappa shape index (κ2) is 11.8. The third-order valence-electron chi connectivity index (χ3n) is 8.28. The van der Waals surface area contributed by atoms with Gasteiger partial charge in [-0.05, 0) is 82.5 Å². The molecule has 2 amide bonds. The van der Waals surface area contributed by atoms with Crippen molar-refractivity contribution in [1.82, 2.24) is 24.9 Å². The van der Waals surface area contributed by atoms with Crippen LogP contribution in [0.4, 0.5) is 0 Å². The van der Waals surface area contributed by atoms with E-state index in [4.69, 9.17) is 5.10 Å². The summed E-state index contributed by atoms with van der Waals surface area (Å²) in [4.78, 5) is 31.3. The number of benzene rings is 1. The highest BCUT2D eigenvalue weighted by Gasteiger charge is 2.53. The summed E-state index contributed by atoms with van der Waals surface area (Å²) in [6.07, 6.45) is 6.13. The summed E-state index contributed by atoms with van der Waals surface area (Å²) >= 11 is 0. The minimum absolute atomic E-state index is 0.0630. The average molecular weight is 508 g/mol. The van der Waals surface area contributed by atoms with E-state index in [1.54, 1.807) is 0 Å². The SMILES string of the molecule is CCCCN1C(=O)C(CC(C)C)NC(=O)C12CCN(CCCc1c(C)nn(-c3ccccc3)c1C)CC2. The number of piperazine rings is 1. The zero-order valence-corrected chi connectivity index (χ0v) is 23.4. The molecule has 2 fully saturated rings. The molecule has 1 atom stereocenters. The molecule has 1 spiro atoms. The average Bonchev–Trinajstić information content (AvgIpc) is 3.17. The summed E-state index contributed by atoms with van der Waals surface area (Å²) in [5.41, 5.74) is 4.05. The van der Waals surface area contributed by atoms with Gasteiger partial charge in [-0.1, -0.05) is 45.4 Å². The number of amides is 2. The van der Waals surface area contributed by atoms with Crippen molar-refractivity contribution in [2.24, 2.45) is 5.92 Å². The maximum atomic E-state index is 13.5. The number of aromatic nitrogens is 2. The third kappa shape index (κ3) is 5.77. The minimum Gasteiger partial charge on any atom is -0.342 e. The third-order valence-corrected chi connectivity index (χ3v) is 8.28. The van der Waals surface area contributed by atoms with Crippen LogP contribution >= 0.6 is 0 Å². The molecule has 3 heterocycles. The van der Waals surface area contributed by atoms with Crippen molar-refractivity contribution < 1.29 is 9.59 Å².